The summed E-state index contributed by atoms with van der Waals surface area (Å²) in [5.41, 5.74) is 2.67. The van der Waals surface area contributed by atoms with E-state index in [1.165, 1.54) is 12.4 Å². The van der Waals surface area contributed by atoms with Crippen molar-refractivity contribution in [1.82, 2.24) is 20.1 Å². The molecule has 0 saturated carbocycles. The quantitative estimate of drug-likeness (QED) is 0.405. The van der Waals surface area contributed by atoms with Gasteiger partial charge in [-0.15, -0.1) is 0 Å². The Kier molecular flexibility index (Phi) is 6.56. The molecule has 1 aromatic heterocycles. The van der Waals surface area contributed by atoms with Gasteiger partial charge in [-0.05, 0) is 53.6 Å². The topological polar surface area (TPSA) is 106 Å². The molecule has 8 nitrogen and oxygen atoms in total. The fourth-order valence-corrected chi connectivity index (χ4v) is 3.02. The van der Waals surface area contributed by atoms with Crippen LogP contribution in [0.2, 0.25) is 0 Å². The van der Waals surface area contributed by atoms with Crippen molar-refractivity contribution in [2.24, 2.45) is 0 Å². The van der Waals surface area contributed by atoms with Crippen LogP contribution < -0.4 is 10.1 Å². The van der Waals surface area contributed by atoms with Gasteiger partial charge in [0.15, 0.2) is 0 Å². The molecule has 1 heterocycles. The average Bonchev–Trinajstić information content (AvgIpc) is 3.39. The van der Waals surface area contributed by atoms with E-state index in [2.05, 4.69) is 15.4 Å². The lowest BCUT2D eigenvalue weighted by molar-refractivity contribution is -0.132. The minimum atomic E-state index is -1.23. The molecule has 0 atom stereocenters. The minimum Gasteiger partial charge on any atom is -0.489 e. The standard InChI is InChI=1S/C25H20N4O4/c30-24(20-4-2-1-3-5-20)28-23(25(31)32)14-18-8-12-22(13-9-18)33-15-19-6-10-21(11-7-19)29-17-26-16-27-29/h1-14,16-17H,15H2,(H,28,30)(H,31,32)/b23-14+. The molecular formula is C25H20N4O4. The van der Waals surface area contributed by atoms with Crippen molar-refractivity contribution >= 4 is 18.0 Å². The molecule has 2 N–H and O–H groups in total. The van der Waals surface area contributed by atoms with Crippen molar-refractivity contribution in [2.75, 3.05) is 0 Å². The van der Waals surface area contributed by atoms with E-state index >= 15 is 0 Å². The van der Waals surface area contributed by atoms with Crippen LogP contribution in [0, 0.1) is 0 Å². The number of aromatic nitrogens is 3. The summed E-state index contributed by atoms with van der Waals surface area (Å²) in [7, 11) is 0. The SMILES string of the molecule is O=C(O)/C(=C\c1ccc(OCc2ccc(-n3cncn3)cc2)cc1)NC(=O)c1ccccc1. The van der Waals surface area contributed by atoms with Gasteiger partial charge in [-0.1, -0.05) is 42.5 Å². The second kappa shape index (κ2) is 10.1. The van der Waals surface area contributed by atoms with Crippen LogP contribution in [-0.4, -0.2) is 31.7 Å². The third-order valence-corrected chi connectivity index (χ3v) is 4.73. The average molecular weight is 440 g/mol. The molecule has 0 fully saturated rings. The van der Waals surface area contributed by atoms with Crippen LogP contribution in [0.25, 0.3) is 11.8 Å². The highest BCUT2D eigenvalue weighted by Gasteiger charge is 2.13. The van der Waals surface area contributed by atoms with Crippen molar-refractivity contribution < 1.29 is 19.4 Å². The fraction of sp³-hybridized carbons (Fsp3) is 0.0400. The second-order valence-electron chi connectivity index (χ2n) is 7.05. The van der Waals surface area contributed by atoms with Crippen molar-refractivity contribution in [2.45, 2.75) is 6.61 Å². The Balaban J connectivity index is 1.37. The van der Waals surface area contributed by atoms with Gasteiger partial charge >= 0.3 is 5.97 Å². The first-order valence-electron chi connectivity index (χ1n) is 10.1. The van der Waals surface area contributed by atoms with Gasteiger partial charge in [0.2, 0.25) is 0 Å². The van der Waals surface area contributed by atoms with Gasteiger partial charge in [0.25, 0.3) is 5.91 Å². The summed E-state index contributed by atoms with van der Waals surface area (Å²) in [6.07, 6.45) is 4.51. The summed E-state index contributed by atoms with van der Waals surface area (Å²) in [6.45, 7) is 0.375. The Bertz CT molecular complexity index is 1250. The van der Waals surface area contributed by atoms with Crippen LogP contribution >= 0.6 is 0 Å². The lowest BCUT2D eigenvalue weighted by Crippen LogP contribution is -2.27. The highest BCUT2D eigenvalue weighted by atomic mass is 16.5. The summed E-state index contributed by atoms with van der Waals surface area (Å²) in [5.74, 6) is -1.08. The van der Waals surface area contributed by atoms with Gasteiger partial charge in [0, 0.05) is 5.56 Å². The second-order valence-corrected chi connectivity index (χ2v) is 7.05. The predicted molar refractivity (Wildman–Crippen MR) is 122 cm³/mol. The van der Waals surface area contributed by atoms with E-state index < -0.39 is 11.9 Å². The van der Waals surface area contributed by atoms with Gasteiger partial charge in [0.05, 0.1) is 5.69 Å². The zero-order valence-corrected chi connectivity index (χ0v) is 17.5. The molecule has 0 aliphatic heterocycles. The van der Waals surface area contributed by atoms with Crippen LogP contribution in [-0.2, 0) is 11.4 Å². The molecule has 0 saturated heterocycles. The maximum Gasteiger partial charge on any atom is 0.352 e. The van der Waals surface area contributed by atoms with Gasteiger partial charge in [-0.3, -0.25) is 4.79 Å². The van der Waals surface area contributed by atoms with Gasteiger partial charge in [-0.25, -0.2) is 14.5 Å². The first-order valence-corrected chi connectivity index (χ1v) is 10.1. The Hall–Kier alpha value is -4.72. The van der Waals surface area contributed by atoms with Gasteiger partial charge in [-0.2, -0.15) is 5.10 Å². The molecule has 1 amide bonds. The largest absolute Gasteiger partial charge is 0.489 e. The van der Waals surface area contributed by atoms with Gasteiger partial charge in [0.1, 0.15) is 30.7 Å². The zero-order chi connectivity index (χ0) is 23.0. The van der Waals surface area contributed by atoms with E-state index in [0.29, 0.717) is 23.5 Å². The molecule has 0 radical (unpaired) electrons. The van der Waals surface area contributed by atoms with Gasteiger partial charge < -0.3 is 15.2 Å². The Morgan fingerprint density at radius 1 is 0.970 bits per heavy atom. The van der Waals surface area contributed by atoms with Crippen LogP contribution in [0.1, 0.15) is 21.5 Å². The Morgan fingerprint density at radius 3 is 2.33 bits per heavy atom. The zero-order valence-electron chi connectivity index (χ0n) is 17.5. The molecule has 0 aliphatic rings. The normalized spacial score (nSPS) is 11.1. The molecule has 33 heavy (non-hydrogen) atoms. The summed E-state index contributed by atoms with van der Waals surface area (Å²) in [4.78, 5) is 27.8. The number of aliphatic carboxylic acids is 1. The first kappa shape index (κ1) is 21.5. The van der Waals surface area contributed by atoms with E-state index in [-0.39, 0.29) is 5.70 Å². The number of amides is 1. The number of carbonyl (C=O) groups is 2. The number of ether oxygens (including phenoxy) is 1. The lowest BCUT2D eigenvalue weighted by atomic mass is 10.1. The number of nitrogens with zero attached hydrogens (tertiary/aromatic N) is 3. The Morgan fingerprint density at radius 2 is 1.70 bits per heavy atom. The van der Waals surface area contributed by atoms with Crippen molar-refractivity contribution in [3.8, 4) is 11.4 Å². The number of hydrogen-bond acceptors (Lipinski definition) is 5. The first-order chi connectivity index (χ1) is 16.1. The Labute approximate surface area is 189 Å². The number of carboxylic acid groups (broad SMARTS) is 1. The summed E-state index contributed by atoms with van der Waals surface area (Å²) in [6, 6.07) is 23.1. The number of benzene rings is 3. The molecule has 0 bridgehead atoms. The van der Waals surface area contributed by atoms with Crippen molar-refractivity contribution in [3.05, 3.63) is 114 Å². The predicted octanol–water partition coefficient (Wildman–Crippen LogP) is 3.70. The van der Waals surface area contributed by atoms with E-state index in [1.54, 1.807) is 65.6 Å². The third-order valence-electron chi connectivity index (χ3n) is 4.73. The molecule has 0 aliphatic carbocycles. The molecule has 0 spiro atoms. The lowest BCUT2D eigenvalue weighted by Gasteiger charge is -2.09. The number of rotatable bonds is 8. The molecule has 0 unspecified atom stereocenters. The van der Waals surface area contributed by atoms with Crippen LogP contribution in [0.3, 0.4) is 0 Å². The van der Waals surface area contributed by atoms with E-state index in [4.69, 9.17) is 4.74 Å². The number of hydrogen-bond donors (Lipinski definition) is 2. The summed E-state index contributed by atoms with van der Waals surface area (Å²) < 4.78 is 7.48. The van der Waals surface area contributed by atoms with E-state index in [1.807, 2.05) is 24.3 Å². The highest BCUT2D eigenvalue weighted by Crippen LogP contribution is 2.17. The smallest absolute Gasteiger partial charge is 0.352 e. The maximum atomic E-state index is 12.3. The highest BCUT2D eigenvalue weighted by molar-refractivity contribution is 6.02. The molecule has 3 aromatic carbocycles. The van der Waals surface area contributed by atoms with Crippen molar-refractivity contribution in [1.29, 1.82) is 0 Å². The van der Waals surface area contributed by atoms with Crippen molar-refractivity contribution in [3.63, 3.8) is 0 Å². The van der Waals surface area contributed by atoms with Crippen LogP contribution in [0.4, 0.5) is 0 Å². The summed E-state index contributed by atoms with van der Waals surface area (Å²) >= 11 is 0. The van der Waals surface area contributed by atoms with E-state index in [0.717, 1.165) is 11.3 Å². The number of nitrogens with one attached hydrogen (secondary N) is 1. The van der Waals surface area contributed by atoms with E-state index in [9.17, 15) is 14.7 Å². The fourth-order valence-electron chi connectivity index (χ4n) is 3.02. The molecule has 4 aromatic rings. The molecule has 164 valence electrons. The molecule has 4 rings (SSSR count). The maximum absolute atomic E-state index is 12.3. The monoisotopic (exact) mass is 440 g/mol. The van der Waals surface area contributed by atoms with Crippen LogP contribution in [0.15, 0.2) is 97.2 Å². The minimum absolute atomic E-state index is 0.218. The third kappa shape index (κ3) is 5.71. The molecule has 8 heteroatoms. The molecular weight excluding hydrogens is 420 g/mol. The number of carboxylic acids is 1. The van der Waals surface area contributed by atoms with Crippen LogP contribution in [0.5, 0.6) is 5.75 Å². The number of carbonyl (C=O) groups excluding carboxylic acids is 1. The summed E-state index contributed by atoms with van der Waals surface area (Å²) in [5, 5.41) is 16.0.